The highest BCUT2D eigenvalue weighted by atomic mass is 32.1. The summed E-state index contributed by atoms with van der Waals surface area (Å²) in [4.78, 5) is 0. The van der Waals surface area contributed by atoms with E-state index in [0.717, 1.165) is 0 Å². The van der Waals surface area contributed by atoms with Gasteiger partial charge < -0.3 is 0 Å². The topological polar surface area (TPSA) is 17.1 Å². The van der Waals surface area contributed by atoms with Crippen molar-refractivity contribution in [3.63, 3.8) is 0 Å². The molecule has 0 saturated heterocycles. The minimum absolute atomic E-state index is 0. The van der Waals surface area contributed by atoms with E-state index in [1.54, 1.807) is 11.3 Å². The van der Waals surface area contributed by atoms with Gasteiger partial charge in [0.05, 0.1) is 0 Å². The highest BCUT2D eigenvalue weighted by molar-refractivity contribution is 7.44. The zero-order valence-electron chi connectivity index (χ0n) is 4.53. The molecule has 0 unspecified atom stereocenters. The van der Waals surface area contributed by atoms with Crippen LogP contribution in [0.15, 0.2) is 22.9 Å². The van der Waals surface area contributed by atoms with Crippen LogP contribution in [0.5, 0.6) is 0 Å². The first-order chi connectivity index (χ1) is 3.50. The summed E-state index contributed by atoms with van der Waals surface area (Å²) in [5.41, 5.74) is 0. The first kappa shape index (κ1) is 6.72. The summed E-state index contributed by atoms with van der Waals surface area (Å²) < 4.78 is 7.83. The van der Waals surface area contributed by atoms with Gasteiger partial charge in [0.1, 0.15) is 0 Å². The van der Waals surface area contributed by atoms with Crippen molar-refractivity contribution in [2.45, 2.75) is 0 Å². The Morgan fingerprint density at radius 1 is 1.29 bits per heavy atom. The maximum Gasteiger partial charge on any atom is 1.00 e. The van der Waals surface area contributed by atoms with Crippen LogP contribution < -0.4 is 0 Å². The van der Waals surface area contributed by atoms with Crippen LogP contribution in [-0.2, 0) is 12.5 Å². The van der Waals surface area contributed by atoms with Gasteiger partial charge in [0.2, 0.25) is 0 Å². The molecule has 0 spiro atoms. The van der Waals surface area contributed by atoms with Gasteiger partial charge in [-0.2, -0.15) is 15.5 Å². The van der Waals surface area contributed by atoms with E-state index in [2.05, 4.69) is 12.5 Å². The van der Waals surface area contributed by atoms with E-state index in [-0.39, 0.29) is 1.43 Å². The van der Waals surface area contributed by atoms with E-state index in [1.165, 1.54) is 0 Å². The van der Waals surface area contributed by atoms with Crippen LogP contribution in [0.1, 0.15) is 1.43 Å². The molecule has 0 N–H and O–H groups in total. The molecule has 0 amide bonds. The standard InChI is InChI=1S/C4H4S.OS/c1-2-4-5-3-1;1-2/h1-4H;/p+1. The molecule has 0 atom stereocenters. The van der Waals surface area contributed by atoms with Gasteiger partial charge in [-0.25, -0.2) is 0 Å². The Labute approximate surface area is 53.0 Å². The fraction of sp³-hybridized carbons (Fsp3) is 0. The monoisotopic (exact) mass is 133 g/mol. The Kier molecular flexibility index (Phi) is 5.49. The SMILES string of the molecule is O=S.[H+].c1ccsc1. The largest absolute Gasteiger partial charge is 1.00 e. The third kappa shape index (κ3) is 3.55. The highest BCUT2D eigenvalue weighted by Crippen LogP contribution is 1.91. The van der Waals surface area contributed by atoms with Crippen molar-refractivity contribution in [3.8, 4) is 0 Å². The van der Waals surface area contributed by atoms with Crippen molar-refractivity contribution in [1.29, 1.82) is 0 Å². The van der Waals surface area contributed by atoms with Gasteiger partial charge in [-0.1, -0.05) is 12.1 Å². The molecule has 1 rings (SSSR count). The summed E-state index contributed by atoms with van der Waals surface area (Å²) in [6, 6.07) is 4.04. The summed E-state index contributed by atoms with van der Waals surface area (Å²) in [7, 11) is 0. The second-order valence-corrected chi connectivity index (χ2v) is 1.61. The van der Waals surface area contributed by atoms with Crippen LogP contribution in [0.25, 0.3) is 0 Å². The van der Waals surface area contributed by atoms with Gasteiger partial charge in [0.15, 0.2) is 12.5 Å². The molecule has 0 saturated carbocycles. The summed E-state index contributed by atoms with van der Waals surface area (Å²) >= 11 is 4.55. The van der Waals surface area contributed by atoms with Crippen molar-refractivity contribution in [1.82, 2.24) is 0 Å². The predicted octanol–water partition coefficient (Wildman–Crippen LogP) is 1.52. The molecule has 0 aliphatic rings. The first-order valence-corrected chi connectivity index (χ1v) is 2.91. The maximum absolute atomic E-state index is 7.83. The lowest BCUT2D eigenvalue weighted by atomic mass is 10.7. The van der Waals surface area contributed by atoms with Gasteiger partial charge in [0.25, 0.3) is 0 Å². The normalized spacial score (nSPS) is 6.29. The van der Waals surface area contributed by atoms with Gasteiger partial charge in [-0.05, 0) is 10.8 Å². The van der Waals surface area contributed by atoms with Crippen LogP contribution in [0.2, 0.25) is 0 Å². The molecule has 0 bridgehead atoms. The van der Waals surface area contributed by atoms with E-state index in [1.807, 2.05) is 22.9 Å². The molecule has 0 aliphatic heterocycles. The van der Waals surface area contributed by atoms with Gasteiger partial charge in [-0.15, -0.1) is 0 Å². The maximum atomic E-state index is 7.83. The third-order valence-corrected chi connectivity index (χ3v) is 1.05. The molecule has 1 heterocycles. The van der Waals surface area contributed by atoms with Crippen molar-refractivity contribution in [3.05, 3.63) is 22.9 Å². The molecule has 0 radical (unpaired) electrons. The summed E-state index contributed by atoms with van der Waals surface area (Å²) in [5, 5.41) is 4.08. The molecule has 3 heteroatoms. The van der Waals surface area contributed by atoms with Crippen LogP contribution in [0, 0.1) is 0 Å². The molecule has 38 valence electrons. The van der Waals surface area contributed by atoms with Crippen LogP contribution in [0.4, 0.5) is 0 Å². The van der Waals surface area contributed by atoms with E-state index in [4.69, 9.17) is 4.21 Å². The minimum Gasteiger partial charge on any atom is -0.197 e. The van der Waals surface area contributed by atoms with E-state index in [0.29, 0.717) is 0 Å². The number of rotatable bonds is 0. The Hall–Kier alpha value is -0.280. The number of hydrogen-bond acceptors (Lipinski definition) is 3. The zero-order chi connectivity index (χ0) is 5.54. The predicted molar refractivity (Wildman–Crippen MR) is 33.6 cm³/mol. The van der Waals surface area contributed by atoms with Crippen molar-refractivity contribution >= 4 is 23.9 Å². The zero-order valence-corrected chi connectivity index (χ0v) is 5.17. The second kappa shape index (κ2) is 5.72. The van der Waals surface area contributed by atoms with Gasteiger partial charge in [0, 0.05) is 0 Å². The molecule has 1 aromatic rings. The Morgan fingerprint density at radius 3 is 1.86 bits per heavy atom. The average Bonchev–Trinajstić information content (AvgIpc) is 2.23. The smallest absolute Gasteiger partial charge is 0.197 e. The number of hydrogen-bond donors (Lipinski definition) is 0. The van der Waals surface area contributed by atoms with E-state index < -0.39 is 0 Å². The van der Waals surface area contributed by atoms with Crippen LogP contribution >= 0.6 is 11.3 Å². The Bertz CT molecular complexity index is 80.9. The second-order valence-electron chi connectivity index (χ2n) is 0.793. The molecule has 0 aliphatic carbocycles. The molecule has 1 aromatic heterocycles. The fourth-order valence-electron chi connectivity index (χ4n) is 0.227. The van der Waals surface area contributed by atoms with E-state index >= 15 is 0 Å². The quantitative estimate of drug-likeness (QED) is 0.534. The lowest BCUT2D eigenvalue weighted by Crippen LogP contribution is -1.16. The van der Waals surface area contributed by atoms with Crippen LogP contribution in [0.3, 0.4) is 0 Å². The third-order valence-electron chi connectivity index (χ3n) is 0.425. The fourth-order valence-corrected chi connectivity index (χ4v) is 0.680. The van der Waals surface area contributed by atoms with Crippen LogP contribution in [-0.4, -0.2) is 4.21 Å². The molecular formula is C4H5OS2+. The molecule has 0 fully saturated rings. The summed E-state index contributed by atoms with van der Waals surface area (Å²) in [5.74, 6) is 0. The van der Waals surface area contributed by atoms with Crippen molar-refractivity contribution in [2.75, 3.05) is 0 Å². The Balaban J connectivity index is 0. The summed E-state index contributed by atoms with van der Waals surface area (Å²) in [6.45, 7) is 0. The lowest BCUT2D eigenvalue weighted by molar-refractivity contribution is 0.702. The highest BCUT2D eigenvalue weighted by Gasteiger charge is 1.58. The van der Waals surface area contributed by atoms with Crippen molar-refractivity contribution in [2.24, 2.45) is 0 Å². The molecular weight excluding hydrogens is 128 g/mol. The Morgan fingerprint density at radius 2 is 1.71 bits per heavy atom. The van der Waals surface area contributed by atoms with E-state index in [9.17, 15) is 0 Å². The average molecular weight is 133 g/mol. The lowest BCUT2D eigenvalue weighted by Gasteiger charge is -1.39. The first-order valence-electron chi connectivity index (χ1n) is 1.64. The van der Waals surface area contributed by atoms with Gasteiger partial charge >= 0.3 is 1.43 Å². The van der Waals surface area contributed by atoms with Gasteiger partial charge in [-0.3, -0.25) is 0 Å². The van der Waals surface area contributed by atoms with Crippen molar-refractivity contribution < 1.29 is 5.64 Å². The minimum atomic E-state index is 0. The molecule has 1 nitrogen and oxygen atoms in total. The summed E-state index contributed by atoms with van der Waals surface area (Å²) in [6.07, 6.45) is 0. The molecule has 7 heavy (non-hydrogen) atoms. The molecule has 0 aromatic carbocycles. The number of thiophene rings is 1.